The Kier molecular flexibility index (Phi) is 7.93. The van der Waals surface area contributed by atoms with Crippen molar-refractivity contribution in [1.29, 1.82) is 0 Å². The molecule has 0 saturated carbocycles. The maximum Gasteiger partial charge on any atom is 0.328 e. The standard InChI is InChI=1S/C15H26N4O7/c1-7(12(22)18-9(6-20)15(25)26)17-13(23)10-4-3-5-19(10)14(24)11(16)8(2)21/h7-11,20-21H,3-6,16H2,1-2H3,(H,17,23)(H,18,22)(H,25,26)/t7-,8+,9-,10-,11-/m0/s1. The lowest BCUT2D eigenvalue weighted by Crippen LogP contribution is -2.57. The van der Waals surface area contributed by atoms with E-state index in [1.54, 1.807) is 0 Å². The Morgan fingerprint density at radius 1 is 1.23 bits per heavy atom. The van der Waals surface area contributed by atoms with Crippen LogP contribution in [0.2, 0.25) is 0 Å². The smallest absolute Gasteiger partial charge is 0.328 e. The molecule has 3 amide bonds. The molecule has 1 aliphatic rings. The molecule has 0 aromatic carbocycles. The van der Waals surface area contributed by atoms with E-state index in [0.717, 1.165) is 0 Å². The zero-order chi connectivity index (χ0) is 20.0. The summed E-state index contributed by atoms with van der Waals surface area (Å²) in [5, 5.41) is 31.7. The van der Waals surface area contributed by atoms with Crippen LogP contribution >= 0.6 is 0 Å². The van der Waals surface area contributed by atoms with E-state index >= 15 is 0 Å². The molecule has 0 aromatic rings. The second-order valence-corrected chi connectivity index (χ2v) is 6.27. The highest BCUT2D eigenvalue weighted by molar-refractivity contribution is 5.94. The van der Waals surface area contributed by atoms with Crippen molar-refractivity contribution in [2.75, 3.05) is 13.2 Å². The van der Waals surface area contributed by atoms with Gasteiger partial charge in [0, 0.05) is 6.54 Å². The molecule has 148 valence electrons. The number of aliphatic carboxylic acids is 1. The molecule has 0 unspecified atom stereocenters. The Balaban J connectivity index is 2.69. The third kappa shape index (κ3) is 5.38. The van der Waals surface area contributed by atoms with Crippen molar-refractivity contribution in [2.24, 2.45) is 5.73 Å². The molecule has 11 nitrogen and oxygen atoms in total. The summed E-state index contributed by atoms with van der Waals surface area (Å²) >= 11 is 0. The van der Waals surface area contributed by atoms with Gasteiger partial charge in [0.25, 0.3) is 0 Å². The zero-order valence-electron chi connectivity index (χ0n) is 14.7. The molecule has 0 aromatic heterocycles. The average molecular weight is 374 g/mol. The van der Waals surface area contributed by atoms with Crippen LogP contribution in [0.3, 0.4) is 0 Å². The molecule has 0 radical (unpaired) electrons. The molecule has 5 atom stereocenters. The van der Waals surface area contributed by atoms with Crippen LogP contribution in [0, 0.1) is 0 Å². The summed E-state index contributed by atoms with van der Waals surface area (Å²) in [5.74, 6) is -3.32. The Morgan fingerprint density at radius 2 is 1.85 bits per heavy atom. The van der Waals surface area contributed by atoms with E-state index in [2.05, 4.69) is 10.6 Å². The van der Waals surface area contributed by atoms with Crippen molar-refractivity contribution in [3.8, 4) is 0 Å². The lowest BCUT2D eigenvalue weighted by atomic mass is 10.1. The quantitative estimate of drug-likeness (QED) is 0.256. The molecule has 1 saturated heterocycles. The van der Waals surface area contributed by atoms with Gasteiger partial charge in [-0.1, -0.05) is 0 Å². The predicted molar refractivity (Wildman–Crippen MR) is 88.6 cm³/mol. The minimum absolute atomic E-state index is 0.309. The SMILES string of the molecule is C[C@H](NC(=O)[C@@H]1CCCN1C(=O)[C@@H](N)[C@@H](C)O)C(=O)N[C@@H](CO)C(=O)O. The van der Waals surface area contributed by atoms with Gasteiger partial charge in [0.15, 0.2) is 0 Å². The number of nitrogens with two attached hydrogens (primary N) is 1. The fraction of sp³-hybridized carbons (Fsp3) is 0.733. The summed E-state index contributed by atoms with van der Waals surface area (Å²) in [7, 11) is 0. The fourth-order valence-corrected chi connectivity index (χ4v) is 2.56. The maximum atomic E-state index is 12.4. The molecule has 7 N–H and O–H groups in total. The second kappa shape index (κ2) is 9.46. The Morgan fingerprint density at radius 3 is 2.35 bits per heavy atom. The molecular formula is C15H26N4O7. The number of hydrogen-bond donors (Lipinski definition) is 6. The number of hydrogen-bond acceptors (Lipinski definition) is 7. The van der Waals surface area contributed by atoms with Gasteiger partial charge < -0.3 is 36.6 Å². The number of aliphatic hydroxyl groups is 2. The molecule has 1 aliphatic heterocycles. The Bertz CT molecular complexity index is 554. The van der Waals surface area contributed by atoms with Crippen molar-refractivity contribution >= 4 is 23.7 Å². The molecule has 0 bridgehead atoms. The van der Waals surface area contributed by atoms with Gasteiger partial charge in [-0.15, -0.1) is 0 Å². The van der Waals surface area contributed by atoms with E-state index in [4.69, 9.17) is 15.9 Å². The summed E-state index contributed by atoms with van der Waals surface area (Å²) in [4.78, 5) is 48.7. The molecule has 1 fully saturated rings. The fourth-order valence-electron chi connectivity index (χ4n) is 2.56. The highest BCUT2D eigenvalue weighted by Crippen LogP contribution is 2.19. The van der Waals surface area contributed by atoms with Crippen LogP contribution in [-0.4, -0.2) is 87.3 Å². The first-order valence-corrected chi connectivity index (χ1v) is 8.28. The summed E-state index contributed by atoms with van der Waals surface area (Å²) in [5.41, 5.74) is 5.63. The van der Waals surface area contributed by atoms with E-state index in [1.807, 2.05) is 0 Å². The van der Waals surface area contributed by atoms with Crippen LogP contribution < -0.4 is 16.4 Å². The van der Waals surface area contributed by atoms with Crippen LogP contribution in [0.1, 0.15) is 26.7 Å². The molecule has 1 rings (SSSR count). The topological polar surface area (TPSA) is 182 Å². The number of carboxylic acid groups (broad SMARTS) is 1. The largest absolute Gasteiger partial charge is 0.480 e. The molecular weight excluding hydrogens is 348 g/mol. The summed E-state index contributed by atoms with van der Waals surface area (Å²) in [6.07, 6.45) is -0.113. The summed E-state index contributed by atoms with van der Waals surface area (Å²) in [6, 6.07) is -4.52. The summed E-state index contributed by atoms with van der Waals surface area (Å²) in [6.45, 7) is 2.25. The van der Waals surface area contributed by atoms with Crippen molar-refractivity contribution in [3.05, 3.63) is 0 Å². The molecule has 26 heavy (non-hydrogen) atoms. The van der Waals surface area contributed by atoms with E-state index in [0.29, 0.717) is 19.4 Å². The first kappa shape index (κ1) is 21.8. The number of amides is 3. The Hall–Kier alpha value is -2.24. The van der Waals surface area contributed by atoms with Gasteiger partial charge in [-0.3, -0.25) is 14.4 Å². The van der Waals surface area contributed by atoms with E-state index < -0.39 is 60.6 Å². The third-order valence-electron chi connectivity index (χ3n) is 4.19. The van der Waals surface area contributed by atoms with E-state index in [9.17, 15) is 24.3 Å². The number of nitrogens with zero attached hydrogens (tertiary/aromatic N) is 1. The molecule has 11 heteroatoms. The highest BCUT2D eigenvalue weighted by Gasteiger charge is 2.38. The first-order chi connectivity index (χ1) is 12.1. The minimum atomic E-state index is -1.48. The first-order valence-electron chi connectivity index (χ1n) is 8.28. The summed E-state index contributed by atoms with van der Waals surface area (Å²) < 4.78 is 0. The number of carboxylic acids is 1. The van der Waals surface area contributed by atoms with Crippen molar-refractivity contribution in [1.82, 2.24) is 15.5 Å². The van der Waals surface area contributed by atoms with Crippen molar-refractivity contribution < 1.29 is 34.5 Å². The average Bonchev–Trinajstić information content (AvgIpc) is 3.07. The van der Waals surface area contributed by atoms with Crippen LogP contribution in [0.4, 0.5) is 0 Å². The van der Waals surface area contributed by atoms with Gasteiger partial charge in [0.1, 0.15) is 24.2 Å². The monoisotopic (exact) mass is 374 g/mol. The third-order valence-corrected chi connectivity index (χ3v) is 4.19. The number of carbonyl (C=O) groups excluding carboxylic acids is 3. The van der Waals surface area contributed by atoms with Gasteiger partial charge in [0.05, 0.1) is 12.7 Å². The van der Waals surface area contributed by atoms with Gasteiger partial charge in [-0.2, -0.15) is 0 Å². The lowest BCUT2D eigenvalue weighted by molar-refractivity contribution is -0.144. The van der Waals surface area contributed by atoms with Crippen LogP contribution in [-0.2, 0) is 19.2 Å². The predicted octanol–water partition coefficient (Wildman–Crippen LogP) is -3.25. The van der Waals surface area contributed by atoms with Crippen molar-refractivity contribution in [2.45, 2.75) is 57.0 Å². The normalized spacial score (nSPS) is 21.4. The Labute approximate surface area is 150 Å². The number of rotatable bonds is 8. The second-order valence-electron chi connectivity index (χ2n) is 6.27. The number of likely N-dealkylation sites (tertiary alicyclic amines) is 1. The number of nitrogens with one attached hydrogen (secondary N) is 2. The molecule has 0 spiro atoms. The lowest BCUT2D eigenvalue weighted by Gasteiger charge is -2.28. The minimum Gasteiger partial charge on any atom is -0.480 e. The van der Waals surface area contributed by atoms with Crippen LogP contribution in [0.15, 0.2) is 0 Å². The molecule has 0 aliphatic carbocycles. The molecule has 1 heterocycles. The van der Waals surface area contributed by atoms with Gasteiger partial charge in [-0.05, 0) is 26.7 Å². The van der Waals surface area contributed by atoms with E-state index in [1.165, 1.54) is 18.7 Å². The van der Waals surface area contributed by atoms with E-state index in [-0.39, 0.29) is 0 Å². The van der Waals surface area contributed by atoms with Crippen LogP contribution in [0.5, 0.6) is 0 Å². The number of aliphatic hydroxyl groups excluding tert-OH is 2. The van der Waals surface area contributed by atoms with Crippen molar-refractivity contribution in [3.63, 3.8) is 0 Å². The van der Waals surface area contributed by atoms with Gasteiger partial charge >= 0.3 is 5.97 Å². The van der Waals surface area contributed by atoms with Gasteiger partial charge in [0.2, 0.25) is 17.7 Å². The number of carbonyl (C=O) groups is 4. The highest BCUT2D eigenvalue weighted by atomic mass is 16.4. The maximum absolute atomic E-state index is 12.4. The zero-order valence-corrected chi connectivity index (χ0v) is 14.7. The van der Waals surface area contributed by atoms with Crippen LogP contribution in [0.25, 0.3) is 0 Å². The van der Waals surface area contributed by atoms with Gasteiger partial charge in [-0.25, -0.2) is 4.79 Å².